The Kier molecular flexibility index (Phi) is 4.95. The van der Waals surface area contributed by atoms with Gasteiger partial charge in [-0.2, -0.15) is 0 Å². The van der Waals surface area contributed by atoms with Crippen molar-refractivity contribution in [3.63, 3.8) is 0 Å². The van der Waals surface area contributed by atoms with E-state index in [2.05, 4.69) is 25.9 Å². The van der Waals surface area contributed by atoms with Crippen LogP contribution in [0.5, 0.6) is 5.75 Å². The number of nitrogens with zero attached hydrogens (tertiary/aromatic N) is 3. The van der Waals surface area contributed by atoms with Gasteiger partial charge in [0, 0.05) is 42.9 Å². The number of thiazole rings is 1. The molecule has 2 aliphatic heterocycles. The number of amides is 3. The van der Waals surface area contributed by atoms with Crippen molar-refractivity contribution in [3.8, 4) is 5.75 Å². The molecule has 0 unspecified atom stereocenters. The maximum Gasteiger partial charge on any atom is 0.321 e. The van der Waals surface area contributed by atoms with E-state index in [1.54, 1.807) is 34.4 Å². The predicted molar refractivity (Wildman–Crippen MR) is 103 cm³/mol. The van der Waals surface area contributed by atoms with Gasteiger partial charge in [-0.25, -0.2) is 9.78 Å². The van der Waals surface area contributed by atoms with Gasteiger partial charge in [-0.15, -0.1) is 11.3 Å². The highest BCUT2D eigenvalue weighted by Crippen LogP contribution is 2.30. The van der Waals surface area contributed by atoms with E-state index in [0.29, 0.717) is 30.2 Å². The second-order valence-corrected chi connectivity index (χ2v) is 7.57. The highest BCUT2D eigenvalue weighted by molar-refractivity contribution is 7.09. The third-order valence-corrected chi connectivity index (χ3v) is 5.50. The fraction of sp³-hybridized carbons (Fsp3) is 0.389. The number of carbonyl (C=O) groups excluding carboxylic acids is 2. The molecule has 1 saturated heterocycles. The number of hydrogen-bond acceptors (Lipinski definition) is 6. The van der Waals surface area contributed by atoms with Crippen LogP contribution in [-0.4, -0.2) is 59.5 Å². The predicted octanol–water partition coefficient (Wildman–Crippen LogP) is 2.13. The van der Waals surface area contributed by atoms with E-state index < -0.39 is 0 Å². The smallest absolute Gasteiger partial charge is 0.321 e. The van der Waals surface area contributed by atoms with Crippen LogP contribution < -0.4 is 15.4 Å². The molecule has 4 rings (SSSR count). The summed E-state index contributed by atoms with van der Waals surface area (Å²) in [5.41, 5.74) is 2.26. The first-order valence-corrected chi connectivity index (χ1v) is 9.71. The fourth-order valence-corrected chi connectivity index (χ4v) is 3.95. The van der Waals surface area contributed by atoms with Crippen molar-refractivity contribution in [2.24, 2.45) is 0 Å². The van der Waals surface area contributed by atoms with Crippen LogP contribution in [0.15, 0.2) is 23.6 Å². The molecule has 1 aromatic carbocycles. The number of aryl methyl sites for hydroxylation is 1. The maximum absolute atomic E-state index is 12.5. The summed E-state index contributed by atoms with van der Waals surface area (Å²) >= 11 is 1.68. The highest BCUT2D eigenvalue weighted by Gasteiger charge is 2.22. The minimum absolute atomic E-state index is 0.0174. The summed E-state index contributed by atoms with van der Waals surface area (Å²) in [5, 5.41) is 8.81. The Balaban J connectivity index is 1.31. The Hall–Kier alpha value is -2.65. The number of anilines is 2. The lowest BCUT2D eigenvalue weighted by Crippen LogP contribution is -2.49. The van der Waals surface area contributed by atoms with Crippen LogP contribution in [0.2, 0.25) is 0 Å². The van der Waals surface area contributed by atoms with Gasteiger partial charge in [0.2, 0.25) is 0 Å². The molecular formula is C18H21N5O3S. The normalized spacial score (nSPS) is 17.1. The van der Waals surface area contributed by atoms with E-state index in [-0.39, 0.29) is 18.5 Å². The monoisotopic (exact) mass is 387 g/mol. The Bertz CT molecular complexity index is 860. The van der Waals surface area contributed by atoms with Gasteiger partial charge < -0.3 is 20.3 Å². The van der Waals surface area contributed by atoms with Crippen LogP contribution >= 0.6 is 11.3 Å². The first-order valence-electron chi connectivity index (χ1n) is 8.83. The van der Waals surface area contributed by atoms with Gasteiger partial charge in [0.25, 0.3) is 5.91 Å². The molecule has 2 aliphatic rings. The van der Waals surface area contributed by atoms with Gasteiger partial charge in [-0.1, -0.05) is 0 Å². The number of nitrogens with one attached hydrogen (secondary N) is 2. The first kappa shape index (κ1) is 17.7. The van der Waals surface area contributed by atoms with Crippen molar-refractivity contribution in [1.29, 1.82) is 0 Å². The molecule has 2 N–H and O–H groups in total. The summed E-state index contributed by atoms with van der Waals surface area (Å²) in [6.07, 6.45) is 0. The number of fused-ring (bicyclic) bond motifs is 1. The number of ether oxygens (including phenoxy) is 1. The van der Waals surface area contributed by atoms with E-state index >= 15 is 0 Å². The molecule has 8 nitrogen and oxygen atoms in total. The van der Waals surface area contributed by atoms with Gasteiger partial charge in [0.05, 0.1) is 12.2 Å². The van der Waals surface area contributed by atoms with Gasteiger partial charge in [0.15, 0.2) is 6.61 Å². The van der Waals surface area contributed by atoms with E-state index in [9.17, 15) is 9.59 Å². The van der Waals surface area contributed by atoms with E-state index in [0.717, 1.165) is 30.3 Å². The molecule has 2 aromatic rings. The third-order valence-electron chi connectivity index (χ3n) is 4.55. The topological polar surface area (TPSA) is 86.8 Å². The van der Waals surface area contributed by atoms with E-state index in [1.807, 2.05) is 6.92 Å². The van der Waals surface area contributed by atoms with Crippen molar-refractivity contribution in [2.75, 3.05) is 43.4 Å². The summed E-state index contributed by atoms with van der Waals surface area (Å²) in [5.74, 6) is 0.413. The molecule has 0 saturated carbocycles. The summed E-state index contributed by atoms with van der Waals surface area (Å²) in [4.78, 5) is 32.6. The maximum atomic E-state index is 12.5. The molecule has 9 heteroatoms. The van der Waals surface area contributed by atoms with E-state index in [1.165, 1.54) is 0 Å². The van der Waals surface area contributed by atoms with Crippen molar-refractivity contribution in [3.05, 3.63) is 34.3 Å². The Morgan fingerprint density at radius 3 is 2.89 bits per heavy atom. The van der Waals surface area contributed by atoms with E-state index in [4.69, 9.17) is 4.74 Å². The average molecular weight is 387 g/mol. The van der Waals surface area contributed by atoms with Gasteiger partial charge >= 0.3 is 6.03 Å². The van der Waals surface area contributed by atoms with Crippen LogP contribution in [0.3, 0.4) is 0 Å². The average Bonchev–Trinajstić information content (AvgIpc) is 3.06. The van der Waals surface area contributed by atoms with Crippen LogP contribution in [0, 0.1) is 6.92 Å². The molecule has 0 radical (unpaired) electrons. The van der Waals surface area contributed by atoms with Crippen molar-refractivity contribution >= 4 is 34.6 Å². The van der Waals surface area contributed by atoms with Crippen LogP contribution in [0.4, 0.5) is 16.2 Å². The lowest BCUT2D eigenvalue weighted by atomic mass is 10.2. The van der Waals surface area contributed by atoms with Crippen molar-refractivity contribution in [1.82, 2.24) is 14.8 Å². The molecule has 0 spiro atoms. The molecular weight excluding hydrogens is 366 g/mol. The quantitative estimate of drug-likeness (QED) is 0.843. The zero-order chi connectivity index (χ0) is 18.8. The lowest BCUT2D eigenvalue weighted by molar-refractivity contribution is -0.118. The summed E-state index contributed by atoms with van der Waals surface area (Å²) < 4.78 is 5.33. The number of urea groups is 1. The van der Waals surface area contributed by atoms with Gasteiger partial charge in [-0.05, 0) is 25.1 Å². The summed E-state index contributed by atoms with van der Waals surface area (Å²) in [6, 6.07) is 5.10. The molecule has 27 heavy (non-hydrogen) atoms. The van der Waals surface area contributed by atoms with Crippen LogP contribution in [0.1, 0.15) is 10.7 Å². The minimum atomic E-state index is -0.197. The number of hydrogen-bond donors (Lipinski definition) is 2. The fourth-order valence-electron chi connectivity index (χ4n) is 3.14. The van der Waals surface area contributed by atoms with Crippen LogP contribution in [0.25, 0.3) is 0 Å². The van der Waals surface area contributed by atoms with Crippen molar-refractivity contribution < 1.29 is 14.3 Å². The van der Waals surface area contributed by atoms with Crippen LogP contribution in [-0.2, 0) is 11.3 Å². The zero-order valence-electron chi connectivity index (χ0n) is 15.0. The number of carbonyl (C=O) groups is 2. The molecule has 3 amide bonds. The Morgan fingerprint density at radius 1 is 1.33 bits per heavy atom. The molecule has 1 aromatic heterocycles. The number of rotatable bonds is 3. The molecule has 142 valence electrons. The van der Waals surface area contributed by atoms with Gasteiger partial charge in [0.1, 0.15) is 10.8 Å². The van der Waals surface area contributed by atoms with Crippen molar-refractivity contribution in [2.45, 2.75) is 13.5 Å². The Labute approximate surface area is 161 Å². The molecule has 0 atom stereocenters. The second-order valence-electron chi connectivity index (χ2n) is 6.62. The Morgan fingerprint density at radius 2 is 2.15 bits per heavy atom. The second kappa shape index (κ2) is 7.53. The zero-order valence-corrected chi connectivity index (χ0v) is 15.8. The minimum Gasteiger partial charge on any atom is -0.482 e. The molecule has 3 heterocycles. The molecule has 0 bridgehead atoms. The van der Waals surface area contributed by atoms with Gasteiger partial charge in [-0.3, -0.25) is 9.69 Å². The third kappa shape index (κ3) is 4.20. The largest absolute Gasteiger partial charge is 0.482 e. The number of benzene rings is 1. The lowest BCUT2D eigenvalue weighted by Gasteiger charge is -2.34. The molecule has 1 fully saturated rings. The summed E-state index contributed by atoms with van der Waals surface area (Å²) in [6.45, 7) is 5.82. The number of aromatic nitrogens is 1. The highest BCUT2D eigenvalue weighted by atomic mass is 32.1. The number of piperazine rings is 1. The summed E-state index contributed by atoms with van der Waals surface area (Å²) in [7, 11) is 0. The molecule has 0 aliphatic carbocycles. The first-order chi connectivity index (χ1) is 13.1. The SMILES string of the molecule is Cc1csc(CN2CCN(C(=O)Nc3ccc4c(c3)NC(=O)CO4)CC2)n1. The standard InChI is InChI=1S/C18H21N5O3S/c1-12-11-27-17(19-12)9-22-4-6-23(7-5-22)18(25)20-13-2-3-15-14(8-13)21-16(24)10-26-15/h2-3,8,11H,4-7,9-10H2,1H3,(H,20,25)(H,21,24).